The minimum atomic E-state index is -0.981. The van der Waals surface area contributed by atoms with Gasteiger partial charge in [-0.3, -0.25) is 0 Å². The summed E-state index contributed by atoms with van der Waals surface area (Å²) in [6.45, 7) is 5.45. The lowest BCUT2D eigenvalue weighted by atomic mass is 10.1. The molecule has 0 spiro atoms. The van der Waals surface area contributed by atoms with E-state index in [1.165, 1.54) is 0 Å². The number of ether oxygens (including phenoxy) is 1. The maximum absolute atomic E-state index is 11.9. The summed E-state index contributed by atoms with van der Waals surface area (Å²) in [6, 6.07) is -1.11. The summed E-state index contributed by atoms with van der Waals surface area (Å²) in [5, 5.41) is 11.6. The lowest BCUT2D eigenvalue weighted by Crippen LogP contribution is -2.53. The second-order valence-electron chi connectivity index (χ2n) is 4.48. The third kappa shape index (κ3) is 4.18. The van der Waals surface area contributed by atoms with E-state index in [1.54, 1.807) is 4.90 Å². The molecule has 0 radical (unpaired) electrons. The van der Waals surface area contributed by atoms with Crippen LogP contribution in [0.5, 0.6) is 0 Å². The average molecular weight is 258 g/mol. The number of hydrogen-bond acceptors (Lipinski definition) is 3. The van der Waals surface area contributed by atoms with Gasteiger partial charge in [-0.1, -0.05) is 20.3 Å². The van der Waals surface area contributed by atoms with Crippen LogP contribution in [0, 0.1) is 0 Å². The van der Waals surface area contributed by atoms with Gasteiger partial charge in [-0.15, -0.1) is 0 Å². The zero-order valence-corrected chi connectivity index (χ0v) is 11.0. The molecule has 18 heavy (non-hydrogen) atoms. The van der Waals surface area contributed by atoms with Crippen LogP contribution in [-0.4, -0.2) is 53.8 Å². The first-order valence-corrected chi connectivity index (χ1v) is 6.48. The summed E-state index contributed by atoms with van der Waals surface area (Å²) in [7, 11) is 0. The van der Waals surface area contributed by atoms with Crippen LogP contribution in [0.25, 0.3) is 0 Å². The number of carbonyl (C=O) groups excluding carboxylic acids is 1. The van der Waals surface area contributed by atoms with Crippen molar-refractivity contribution in [2.75, 3.05) is 19.7 Å². The smallest absolute Gasteiger partial charge is 0.326 e. The highest BCUT2D eigenvalue weighted by Crippen LogP contribution is 2.09. The molecule has 1 heterocycles. The molecule has 0 aromatic carbocycles. The summed E-state index contributed by atoms with van der Waals surface area (Å²) >= 11 is 0. The maximum atomic E-state index is 11.9. The van der Waals surface area contributed by atoms with Crippen LogP contribution in [0.2, 0.25) is 0 Å². The van der Waals surface area contributed by atoms with E-state index in [9.17, 15) is 9.59 Å². The van der Waals surface area contributed by atoms with Gasteiger partial charge in [0.1, 0.15) is 6.04 Å². The van der Waals surface area contributed by atoms with Gasteiger partial charge in [0.15, 0.2) is 0 Å². The first kappa shape index (κ1) is 14.8. The predicted octanol–water partition coefficient (Wildman–Crippen LogP) is 1.06. The number of carboxylic acid groups (broad SMARTS) is 1. The topological polar surface area (TPSA) is 78.9 Å². The Bertz CT molecular complexity index is 296. The molecule has 1 rings (SSSR count). The molecule has 1 aliphatic rings. The summed E-state index contributed by atoms with van der Waals surface area (Å²) < 4.78 is 5.47. The van der Waals surface area contributed by atoms with E-state index in [4.69, 9.17) is 9.84 Å². The van der Waals surface area contributed by atoms with Crippen molar-refractivity contribution < 1.29 is 19.4 Å². The lowest BCUT2D eigenvalue weighted by molar-refractivity contribution is -0.139. The molecule has 1 fully saturated rings. The van der Waals surface area contributed by atoms with Gasteiger partial charge < -0.3 is 20.1 Å². The predicted molar refractivity (Wildman–Crippen MR) is 66.5 cm³/mol. The van der Waals surface area contributed by atoms with Crippen molar-refractivity contribution in [2.45, 2.75) is 45.3 Å². The standard InChI is InChI=1S/C12H22N2O4/c1-3-5-10(11(15)16)13-12(17)14-6-7-18-9(4-2)8-14/h9-10H,3-8H2,1-2H3,(H,13,17)(H,15,16)/t9?,10-/m1/s1. The number of carboxylic acids is 1. The van der Waals surface area contributed by atoms with Gasteiger partial charge >= 0.3 is 12.0 Å². The molecular formula is C12H22N2O4. The molecule has 0 aromatic heterocycles. The third-order valence-electron chi connectivity index (χ3n) is 3.05. The Morgan fingerprint density at radius 3 is 2.78 bits per heavy atom. The lowest BCUT2D eigenvalue weighted by Gasteiger charge is -2.33. The molecule has 0 saturated carbocycles. The minimum Gasteiger partial charge on any atom is -0.480 e. The second kappa shape index (κ2) is 7.20. The highest BCUT2D eigenvalue weighted by molar-refractivity contribution is 5.82. The van der Waals surface area contributed by atoms with Gasteiger partial charge in [-0.2, -0.15) is 0 Å². The molecule has 1 saturated heterocycles. The average Bonchev–Trinajstić information content (AvgIpc) is 2.38. The van der Waals surface area contributed by atoms with Gasteiger partial charge in [-0.05, 0) is 12.8 Å². The molecule has 1 aliphatic heterocycles. The van der Waals surface area contributed by atoms with Crippen molar-refractivity contribution in [3.05, 3.63) is 0 Å². The quantitative estimate of drug-likeness (QED) is 0.773. The summed E-state index contributed by atoms with van der Waals surface area (Å²) in [5.41, 5.74) is 0. The molecule has 104 valence electrons. The van der Waals surface area contributed by atoms with E-state index in [0.717, 1.165) is 12.8 Å². The van der Waals surface area contributed by atoms with Crippen LogP contribution in [0.15, 0.2) is 0 Å². The van der Waals surface area contributed by atoms with E-state index in [-0.39, 0.29) is 12.1 Å². The van der Waals surface area contributed by atoms with Crippen LogP contribution in [0.1, 0.15) is 33.1 Å². The fourth-order valence-corrected chi connectivity index (χ4v) is 1.94. The fourth-order valence-electron chi connectivity index (χ4n) is 1.94. The van der Waals surface area contributed by atoms with E-state index < -0.39 is 12.0 Å². The zero-order valence-electron chi connectivity index (χ0n) is 11.0. The SMILES string of the molecule is CCC[C@@H](NC(=O)N1CCOC(CC)C1)C(=O)O. The summed E-state index contributed by atoms with van der Waals surface area (Å²) in [4.78, 5) is 24.5. The number of morpholine rings is 1. The largest absolute Gasteiger partial charge is 0.480 e. The van der Waals surface area contributed by atoms with Gasteiger partial charge in [0.2, 0.25) is 0 Å². The number of nitrogens with zero attached hydrogens (tertiary/aromatic N) is 1. The van der Waals surface area contributed by atoms with Crippen molar-refractivity contribution in [1.82, 2.24) is 10.2 Å². The Morgan fingerprint density at radius 1 is 1.50 bits per heavy atom. The van der Waals surface area contributed by atoms with E-state index >= 15 is 0 Å². The number of nitrogens with one attached hydrogen (secondary N) is 1. The molecular weight excluding hydrogens is 236 g/mol. The molecule has 1 unspecified atom stereocenters. The number of amides is 2. The van der Waals surface area contributed by atoms with Crippen molar-refractivity contribution in [3.63, 3.8) is 0 Å². The highest BCUT2D eigenvalue weighted by Gasteiger charge is 2.26. The summed E-state index contributed by atoms with van der Waals surface area (Å²) in [5.74, 6) is -0.981. The number of hydrogen-bond donors (Lipinski definition) is 2. The van der Waals surface area contributed by atoms with Crippen LogP contribution >= 0.6 is 0 Å². The Labute approximate surface area is 107 Å². The molecule has 0 bridgehead atoms. The minimum absolute atomic E-state index is 0.0546. The van der Waals surface area contributed by atoms with E-state index in [0.29, 0.717) is 26.1 Å². The van der Waals surface area contributed by atoms with Crippen molar-refractivity contribution in [3.8, 4) is 0 Å². The maximum Gasteiger partial charge on any atom is 0.326 e. The first-order valence-electron chi connectivity index (χ1n) is 6.48. The molecule has 0 aromatic rings. The molecule has 6 heteroatoms. The van der Waals surface area contributed by atoms with Crippen LogP contribution < -0.4 is 5.32 Å². The molecule has 2 N–H and O–H groups in total. The Morgan fingerprint density at radius 2 is 2.22 bits per heavy atom. The summed E-state index contributed by atoms with van der Waals surface area (Å²) in [6.07, 6.45) is 2.07. The van der Waals surface area contributed by atoms with Crippen LogP contribution in [0.4, 0.5) is 4.79 Å². The fraction of sp³-hybridized carbons (Fsp3) is 0.833. The Kier molecular flexibility index (Phi) is 5.91. The first-order chi connectivity index (χ1) is 8.58. The highest BCUT2D eigenvalue weighted by atomic mass is 16.5. The van der Waals surface area contributed by atoms with Gasteiger partial charge in [0.05, 0.1) is 12.7 Å². The van der Waals surface area contributed by atoms with Crippen molar-refractivity contribution >= 4 is 12.0 Å². The second-order valence-corrected chi connectivity index (χ2v) is 4.48. The molecule has 0 aliphatic carbocycles. The molecule has 6 nitrogen and oxygen atoms in total. The van der Waals surface area contributed by atoms with Gasteiger partial charge in [0, 0.05) is 13.1 Å². The van der Waals surface area contributed by atoms with Crippen LogP contribution in [0.3, 0.4) is 0 Å². The van der Waals surface area contributed by atoms with Crippen LogP contribution in [-0.2, 0) is 9.53 Å². The van der Waals surface area contributed by atoms with Crippen molar-refractivity contribution in [1.29, 1.82) is 0 Å². The normalized spacial score (nSPS) is 21.4. The zero-order chi connectivity index (χ0) is 13.5. The van der Waals surface area contributed by atoms with Gasteiger partial charge in [-0.25, -0.2) is 9.59 Å². The molecule has 2 amide bonds. The number of rotatable bonds is 5. The van der Waals surface area contributed by atoms with Crippen molar-refractivity contribution in [2.24, 2.45) is 0 Å². The third-order valence-corrected chi connectivity index (χ3v) is 3.05. The van der Waals surface area contributed by atoms with E-state index in [1.807, 2.05) is 13.8 Å². The number of carbonyl (C=O) groups is 2. The Hall–Kier alpha value is -1.30. The number of urea groups is 1. The number of aliphatic carboxylic acids is 1. The molecule has 2 atom stereocenters. The van der Waals surface area contributed by atoms with Gasteiger partial charge in [0.25, 0.3) is 0 Å². The Balaban J connectivity index is 2.50. The monoisotopic (exact) mass is 258 g/mol. The van der Waals surface area contributed by atoms with E-state index in [2.05, 4.69) is 5.32 Å².